The van der Waals surface area contributed by atoms with Gasteiger partial charge in [0.15, 0.2) is 0 Å². The predicted molar refractivity (Wildman–Crippen MR) is 133 cm³/mol. The molecule has 0 N–H and O–H groups in total. The van der Waals surface area contributed by atoms with Gasteiger partial charge < -0.3 is 9.30 Å². The summed E-state index contributed by atoms with van der Waals surface area (Å²) in [6, 6.07) is 11.1. The van der Waals surface area contributed by atoms with E-state index in [4.69, 9.17) is 4.74 Å². The second kappa shape index (κ2) is 8.76. The van der Waals surface area contributed by atoms with Crippen LogP contribution in [0.25, 0.3) is 21.8 Å². The molecule has 0 atom stereocenters. The summed E-state index contributed by atoms with van der Waals surface area (Å²) in [4.78, 5) is 11.5. The Morgan fingerprint density at radius 2 is 1.81 bits per heavy atom. The lowest BCUT2D eigenvalue weighted by Crippen LogP contribution is -2.07. The van der Waals surface area contributed by atoms with Gasteiger partial charge in [-0.15, -0.1) is 0 Å². The number of aromatic nitrogens is 1. The smallest absolute Gasteiger partial charge is 0.333 e. The van der Waals surface area contributed by atoms with E-state index in [1.54, 1.807) is 6.92 Å². The van der Waals surface area contributed by atoms with Crippen molar-refractivity contribution in [3.8, 4) is 0 Å². The summed E-state index contributed by atoms with van der Waals surface area (Å²) in [6.45, 7) is 6.62. The Labute approximate surface area is 194 Å². The lowest BCUT2D eigenvalue weighted by Gasteiger charge is -2.09. The van der Waals surface area contributed by atoms with Gasteiger partial charge in [-0.3, -0.25) is 0 Å². The fourth-order valence-electron chi connectivity index (χ4n) is 3.02. The minimum Gasteiger partial charge on any atom is -0.462 e. The molecule has 0 amide bonds. The van der Waals surface area contributed by atoms with Crippen molar-refractivity contribution < 1.29 is 9.53 Å². The molecule has 6 heteroatoms. The van der Waals surface area contributed by atoms with Crippen molar-refractivity contribution in [2.24, 2.45) is 0 Å². The maximum absolute atomic E-state index is 11.5. The molecule has 26 heavy (non-hydrogen) atoms. The zero-order chi connectivity index (χ0) is 18.8. The molecule has 0 fully saturated rings. The van der Waals surface area contributed by atoms with Gasteiger partial charge in [0, 0.05) is 39.1 Å². The van der Waals surface area contributed by atoms with Gasteiger partial charge in [0.05, 0.1) is 12.1 Å². The molecule has 0 radical (unpaired) electrons. The molecule has 0 aliphatic heterocycles. The van der Waals surface area contributed by atoms with E-state index in [0.717, 1.165) is 19.4 Å². The summed E-state index contributed by atoms with van der Waals surface area (Å²) in [5, 5.41) is 2.61. The molecule has 136 valence electrons. The van der Waals surface area contributed by atoms with Gasteiger partial charge in [0.1, 0.15) is 0 Å². The van der Waals surface area contributed by atoms with E-state index in [0.29, 0.717) is 12.2 Å². The minimum absolute atomic E-state index is 0.305. The molecule has 0 spiro atoms. The first-order valence-electron chi connectivity index (χ1n) is 8.27. The molecule has 3 rings (SSSR count). The second-order valence-electron chi connectivity index (χ2n) is 6.22. The standard InChI is InChI=1S/C20H18I3NO2/c1-12(2)20(25)26-8-4-3-7-24-18-6-5-13(21)9-15(18)16-10-14(22)11-17(23)19(16)24/h5-6,9-11H,1,3-4,7-8H2,2H3. The first-order chi connectivity index (χ1) is 12.4. The molecule has 0 aliphatic carbocycles. The number of nitrogens with zero attached hydrogens (tertiary/aromatic N) is 1. The summed E-state index contributed by atoms with van der Waals surface area (Å²) < 4.78 is 11.4. The highest BCUT2D eigenvalue weighted by atomic mass is 127. The Morgan fingerprint density at radius 3 is 2.54 bits per heavy atom. The number of esters is 1. The quantitative estimate of drug-likeness (QED) is 0.128. The number of fused-ring (bicyclic) bond motifs is 3. The van der Waals surface area contributed by atoms with E-state index in [2.05, 4.69) is 109 Å². The van der Waals surface area contributed by atoms with Crippen LogP contribution in [0.5, 0.6) is 0 Å². The molecule has 0 saturated carbocycles. The zero-order valence-electron chi connectivity index (χ0n) is 14.3. The summed E-state index contributed by atoms with van der Waals surface area (Å²) >= 11 is 7.18. The Morgan fingerprint density at radius 1 is 1.08 bits per heavy atom. The molecule has 1 aromatic heterocycles. The van der Waals surface area contributed by atoms with E-state index >= 15 is 0 Å². The zero-order valence-corrected chi connectivity index (χ0v) is 20.8. The van der Waals surface area contributed by atoms with Crippen LogP contribution in [-0.4, -0.2) is 17.1 Å². The highest BCUT2D eigenvalue weighted by Gasteiger charge is 2.14. The van der Waals surface area contributed by atoms with Crippen molar-refractivity contribution >= 4 is 95.5 Å². The lowest BCUT2D eigenvalue weighted by molar-refractivity contribution is -0.139. The highest BCUT2D eigenvalue weighted by molar-refractivity contribution is 14.1. The second-order valence-corrected chi connectivity index (χ2v) is 9.87. The monoisotopic (exact) mass is 685 g/mol. The maximum Gasteiger partial charge on any atom is 0.333 e. The molecule has 0 unspecified atom stereocenters. The van der Waals surface area contributed by atoms with Gasteiger partial charge in [-0.2, -0.15) is 0 Å². The van der Waals surface area contributed by atoms with Gasteiger partial charge in [0.25, 0.3) is 0 Å². The maximum atomic E-state index is 11.5. The van der Waals surface area contributed by atoms with Gasteiger partial charge in [0.2, 0.25) is 0 Å². The summed E-state index contributed by atoms with van der Waals surface area (Å²) in [6.07, 6.45) is 1.79. The van der Waals surface area contributed by atoms with Gasteiger partial charge in [-0.1, -0.05) is 6.58 Å². The van der Waals surface area contributed by atoms with Crippen LogP contribution in [-0.2, 0) is 16.1 Å². The van der Waals surface area contributed by atoms with Crippen LogP contribution < -0.4 is 0 Å². The SMILES string of the molecule is C=C(C)C(=O)OCCCCn1c2ccc(I)cc2c2cc(I)cc(I)c21. The van der Waals surface area contributed by atoms with Crippen molar-refractivity contribution in [1.82, 2.24) is 4.57 Å². The Hall–Kier alpha value is -0.360. The number of carbonyl (C=O) groups is 1. The van der Waals surface area contributed by atoms with E-state index in [1.807, 2.05) is 0 Å². The molecular formula is C20H18I3NO2. The van der Waals surface area contributed by atoms with Crippen LogP contribution >= 0.6 is 67.8 Å². The van der Waals surface area contributed by atoms with E-state index in [9.17, 15) is 4.79 Å². The normalized spacial score (nSPS) is 11.2. The van der Waals surface area contributed by atoms with Crippen molar-refractivity contribution in [3.63, 3.8) is 0 Å². The molecule has 0 aliphatic rings. The van der Waals surface area contributed by atoms with E-state index < -0.39 is 0 Å². The highest BCUT2D eigenvalue weighted by Crippen LogP contribution is 2.34. The van der Waals surface area contributed by atoms with Crippen molar-refractivity contribution in [2.45, 2.75) is 26.3 Å². The Kier molecular flexibility index (Phi) is 6.87. The first-order valence-corrected chi connectivity index (χ1v) is 11.5. The topological polar surface area (TPSA) is 31.2 Å². The third-order valence-corrected chi connectivity index (χ3v) is 6.31. The number of carbonyl (C=O) groups excluding carboxylic acids is 1. The van der Waals surface area contributed by atoms with Crippen molar-refractivity contribution in [1.29, 1.82) is 0 Å². The third kappa shape index (κ3) is 4.37. The van der Waals surface area contributed by atoms with Crippen LogP contribution in [0.2, 0.25) is 0 Å². The number of aryl methyl sites for hydroxylation is 1. The number of ether oxygens (including phenoxy) is 1. The number of hydrogen-bond acceptors (Lipinski definition) is 2. The van der Waals surface area contributed by atoms with E-state index in [-0.39, 0.29) is 5.97 Å². The summed E-state index contributed by atoms with van der Waals surface area (Å²) in [7, 11) is 0. The first kappa shape index (κ1) is 20.4. The van der Waals surface area contributed by atoms with Crippen molar-refractivity contribution in [2.75, 3.05) is 6.61 Å². The molecule has 0 bridgehead atoms. The number of halogens is 3. The molecule has 3 aromatic rings. The average Bonchev–Trinajstić information content (AvgIpc) is 2.87. The van der Waals surface area contributed by atoms with Crippen LogP contribution in [0.15, 0.2) is 42.5 Å². The minimum atomic E-state index is -0.305. The Balaban J connectivity index is 1.87. The predicted octanol–water partition coefficient (Wildman–Crippen LogP) is 6.51. The van der Waals surface area contributed by atoms with Crippen molar-refractivity contribution in [3.05, 3.63) is 53.2 Å². The molecule has 0 saturated heterocycles. The molecule has 1 heterocycles. The Bertz CT molecular complexity index is 1010. The fourth-order valence-corrected chi connectivity index (χ4v) is 5.64. The van der Waals surface area contributed by atoms with Crippen LogP contribution in [0.1, 0.15) is 19.8 Å². The van der Waals surface area contributed by atoms with Gasteiger partial charge in [-0.05, 0) is 118 Å². The average molecular weight is 685 g/mol. The molecular weight excluding hydrogens is 667 g/mol. The fraction of sp³-hybridized carbons (Fsp3) is 0.250. The largest absolute Gasteiger partial charge is 0.462 e. The summed E-state index contributed by atoms with van der Waals surface area (Å²) in [5.74, 6) is -0.305. The van der Waals surface area contributed by atoms with Crippen LogP contribution in [0.3, 0.4) is 0 Å². The van der Waals surface area contributed by atoms with Crippen LogP contribution in [0.4, 0.5) is 0 Å². The van der Waals surface area contributed by atoms with Gasteiger partial charge >= 0.3 is 5.97 Å². The number of rotatable bonds is 6. The lowest BCUT2D eigenvalue weighted by atomic mass is 10.2. The van der Waals surface area contributed by atoms with E-state index in [1.165, 1.54) is 32.5 Å². The molecule has 2 aromatic carbocycles. The summed E-state index contributed by atoms with van der Waals surface area (Å²) in [5.41, 5.74) is 3.01. The van der Waals surface area contributed by atoms with Gasteiger partial charge in [-0.25, -0.2) is 4.79 Å². The third-order valence-electron chi connectivity index (χ3n) is 4.20. The molecule has 3 nitrogen and oxygen atoms in total. The van der Waals surface area contributed by atoms with Crippen LogP contribution in [0, 0.1) is 10.7 Å². The number of unbranched alkanes of at least 4 members (excludes halogenated alkanes) is 1. The number of hydrogen-bond donors (Lipinski definition) is 0. The number of benzene rings is 2.